The third-order valence-electron chi connectivity index (χ3n) is 3.44. The number of ether oxygens (including phenoxy) is 1. The summed E-state index contributed by atoms with van der Waals surface area (Å²) in [5.74, 6) is 0.749. The van der Waals surface area contributed by atoms with Gasteiger partial charge in [-0.15, -0.1) is 0 Å². The zero-order valence-corrected chi connectivity index (χ0v) is 12.7. The molecule has 112 valence electrons. The molecule has 0 bridgehead atoms. The first-order valence-corrected chi connectivity index (χ1v) is 7.49. The predicted molar refractivity (Wildman–Crippen MR) is 83.8 cm³/mol. The fourth-order valence-corrected chi connectivity index (χ4v) is 2.22. The monoisotopic (exact) mass is 286 g/mol. The number of pyridine rings is 2. The molecule has 0 atom stereocenters. The van der Waals surface area contributed by atoms with Gasteiger partial charge in [-0.25, -0.2) is 4.98 Å². The molecule has 0 saturated heterocycles. The highest BCUT2D eigenvalue weighted by Gasteiger charge is 2.07. The second-order valence-corrected chi connectivity index (χ2v) is 5.18. The van der Waals surface area contributed by atoms with Gasteiger partial charge in [0, 0.05) is 31.1 Å². The van der Waals surface area contributed by atoms with E-state index >= 15 is 0 Å². The van der Waals surface area contributed by atoms with Crippen LogP contribution in [0.4, 0.5) is 0 Å². The van der Waals surface area contributed by atoms with Gasteiger partial charge in [0.2, 0.25) is 11.3 Å². The van der Waals surface area contributed by atoms with E-state index in [1.54, 1.807) is 24.5 Å². The lowest BCUT2D eigenvalue weighted by Crippen LogP contribution is -2.12. The van der Waals surface area contributed by atoms with E-state index in [2.05, 4.69) is 11.9 Å². The summed E-state index contributed by atoms with van der Waals surface area (Å²) in [4.78, 5) is 16.2. The molecule has 0 aromatic carbocycles. The fraction of sp³-hybridized carbons (Fsp3) is 0.412. The fourth-order valence-electron chi connectivity index (χ4n) is 2.22. The summed E-state index contributed by atoms with van der Waals surface area (Å²) in [7, 11) is 1.94. The molecular formula is C17H22N2O2. The standard InChI is InChI=1S/C17H22N2O2/c1-3-4-5-6-9-14-12-15(20)16(13-19(14)2)21-17-10-7-8-11-18-17/h7-8,10-13H,3-6,9H2,1-2H3. The van der Waals surface area contributed by atoms with Gasteiger partial charge in [0.25, 0.3) is 0 Å². The molecule has 0 N–H and O–H groups in total. The first kappa shape index (κ1) is 15.3. The van der Waals surface area contributed by atoms with Gasteiger partial charge in [-0.2, -0.15) is 0 Å². The number of nitrogens with zero attached hydrogens (tertiary/aromatic N) is 2. The Hall–Kier alpha value is -2.10. The zero-order chi connectivity index (χ0) is 15.1. The van der Waals surface area contributed by atoms with E-state index in [1.165, 1.54) is 19.3 Å². The van der Waals surface area contributed by atoms with Gasteiger partial charge in [-0.3, -0.25) is 4.79 Å². The summed E-state index contributed by atoms with van der Waals surface area (Å²) < 4.78 is 7.51. The van der Waals surface area contributed by atoms with Crippen LogP contribution in [0.5, 0.6) is 11.6 Å². The SMILES string of the molecule is CCCCCCc1cc(=O)c(Oc2ccccn2)cn1C. The van der Waals surface area contributed by atoms with Crippen LogP contribution in [-0.4, -0.2) is 9.55 Å². The maximum Gasteiger partial charge on any atom is 0.224 e. The van der Waals surface area contributed by atoms with Crippen molar-refractivity contribution in [2.45, 2.75) is 39.0 Å². The number of hydrogen-bond donors (Lipinski definition) is 0. The normalized spacial score (nSPS) is 10.6. The van der Waals surface area contributed by atoms with Crippen molar-refractivity contribution in [1.82, 2.24) is 9.55 Å². The molecule has 0 fully saturated rings. The van der Waals surface area contributed by atoms with Crippen LogP contribution in [0, 0.1) is 0 Å². The van der Waals surface area contributed by atoms with Gasteiger partial charge in [-0.05, 0) is 18.9 Å². The molecule has 2 rings (SSSR count). The minimum Gasteiger partial charge on any atom is -0.433 e. The maximum absolute atomic E-state index is 12.1. The van der Waals surface area contributed by atoms with Gasteiger partial charge < -0.3 is 9.30 Å². The molecule has 0 unspecified atom stereocenters. The Morgan fingerprint density at radius 1 is 1.24 bits per heavy atom. The van der Waals surface area contributed by atoms with Crippen molar-refractivity contribution < 1.29 is 4.74 Å². The summed E-state index contributed by atoms with van der Waals surface area (Å²) in [5.41, 5.74) is 0.953. The minimum absolute atomic E-state index is 0.0933. The predicted octanol–water partition coefficient (Wildman–Crippen LogP) is 3.70. The molecule has 2 heterocycles. The van der Waals surface area contributed by atoms with Crippen molar-refractivity contribution >= 4 is 0 Å². The minimum atomic E-state index is -0.0933. The van der Waals surface area contributed by atoms with Gasteiger partial charge in [0.05, 0.1) is 6.20 Å². The summed E-state index contributed by atoms with van der Waals surface area (Å²) in [6.45, 7) is 2.19. The highest BCUT2D eigenvalue weighted by Crippen LogP contribution is 2.15. The topological polar surface area (TPSA) is 44.1 Å². The highest BCUT2D eigenvalue weighted by atomic mass is 16.5. The van der Waals surface area contributed by atoms with Crippen LogP contribution in [-0.2, 0) is 13.5 Å². The first-order valence-electron chi connectivity index (χ1n) is 7.49. The molecule has 2 aromatic heterocycles. The number of aryl methyl sites for hydroxylation is 2. The van der Waals surface area contributed by atoms with Crippen LogP contribution in [0.2, 0.25) is 0 Å². The number of unbranched alkanes of at least 4 members (excludes halogenated alkanes) is 3. The van der Waals surface area contributed by atoms with Crippen LogP contribution in [0.25, 0.3) is 0 Å². The molecule has 0 aliphatic heterocycles. The third kappa shape index (κ3) is 4.45. The van der Waals surface area contributed by atoms with Crippen molar-refractivity contribution in [1.29, 1.82) is 0 Å². The average Bonchev–Trinajstić information content (AvgIpc) is 2.49. The third-order valence-corrected chi connectivity index (χ3v) is 3.44. The van der Waals surface area contributed by atoms with Crippen molar-refractivity contribution in [2.75, 3.05) is 0 Å². The molecule has 4 heteroatoms. The molecule has 21 heavy (non-hydrogen) atoms. The largest absolute Gasteiger partial charge is 0.433 e. The second kappa shape index (κ2) is 7.62. The van der Waals surface area contributed by atoms with Crippen LogP contribution in [0.1, 0.15) is 38.3 Å². The molecule has 2 aromatic rings. The average molecular weight is 286 g/mol. The van der Waals surface area contributed by atoms with E-state index in [-0.39, 0.29) is 5.43 Å². The van der Waals surface area contributed by atoms with Crippen LogP contribution < -0.4 is 10.2 Å². The smallest absolute Gasteiger partial charge is 0.224 e. The van der Waals surface area contributed by atoms with Gasteiger partial charge >= 0.3 is 0 Å². The summed E-state index contributed by atoms with van der Waals surface area (Å²) in [6, 6.07) is 7.04. The lowest BCUT2D eigenvalue weighted by Gasteiger charge is -2.11. The van der Waals surface area contributed by atoms with E-state index in [4.69, 9.17) is 4.74 Å². The summed E-state index contributed by atoms with van der Waals surface area (Å²) in [6.07, 6.45) is 9.09. The Kier molecular flexibility index (Phi) is 5.55. The molecule has 0 aliphatic carbocycles. The Balaban J connectivity index is 2.08. The van der Waals surface area contributed by atoms with Crippen molar-refractivity contribution in [3.8, 4) is 11.6 Å². The molecule has 0 aliphatic rings. The maximum atomic E-state index is 12.1. The molecule has 0 spiro atoms. The van der Waals surface area contributed by atoms with Crippen LogP contribution in [0.3, 0.4) is 0 Å². The molecule has 0 radical (unpaired) electrons. The number of aromatic nitrogens is 2. The van der Waals surface area contributed by atoms with Crippen molar-refractivity contribution in [3.05, 3.63) is 52.6 Å². The molecule has 4 nitrogen and oxygen atoms in total. The quantitative estimate of drug-likeness (QED) is 0.729. The lowest BCUT2D eigenvalue weighted by atomic mass is 10.1. The summed E-state index contributed by atoms with van der Waals surface area (Å²) in [5, 5.41) is 0. The Morgan fingerprint density at radius 3 is 2.81 bits per heavy atom. The van der Waals surface area contributed by atoms with E-state index in [1.807, 2.05) is 23.7 Å². The molecule has 0 saturated carbocycles. The lowest BCUT2D eigenvalue weighted by molar-refractivity contribution is 0.452. The molecular weight excluding hydrogens is 264 g/mol. The Morgan fingerprint density at radius 2 is 2.10 bits per heavy atom. The Labute approximate surface area is 125 Å². The van der Waals surface area contributed by atoms with Gasteiger partial charge in [0.15, 0.2) is 5.75 Å². The van der Waals surface area contributed by atoms with Gasteiger partial charge in [-0.1, -0.05) is 32.3 Å². The van der Waals surface area contributed by atoms with Crippen LogP contribution in [0.15, 0.2) is 41.5 Å². The van der Waals surface area contributed by atoms with E-state index in [9.17, 15) is 4.79 Å². The number of hydrogen-bond acceptors (Lipinski definition) is 3. The van der Waals surface area contributed by atoms with Gasteiger partial charge in [0.1, 0.15) is 0 Å². The first-order chi connectivity index (χ1) is 10.2. The Bertz CT molecular complexity index is 620. The highest BCUT2D eigenvalue weighted by molar-refractivity contribution is 5.26. The summed E-state index contributed by atoms with van der Waals surface area (Å²) >= 11 is 0. The van der Waals surface area contributed by atoms with E-state index < -0.39 is 0 Å². The van der Waals surface area contributed by atoms with E-state index in [0.717, 1.165) is 18.5 Å². The molecule has 0 amide bonds. The zero-order valence-electron chi connectivity index (χ0n) is 12.7. The van der Waals surface area contributed by atoms with Crippen LogP contribution >= 0.6 is 0 Å². The number of rotatable bonds is 7. The van der Waals surface area contributed by atoms with Crippen molar-refractivity contribution in [2.24, 2.45) is 7.05 Å². The van der Waals surface area contributed by atoms with E-state index in [0.29, 0.717) is 11.6 Å². The second-order valence-electron chi connectivity index (χ2n) is 5.18. The van der Waals surface area contributed by atoms with Crippen molar-refractivity contribution in [3.63, 3.8) is 0 Å².